The van der Waals surface area contributed by atoms with Crippen LogP contribution in [0, 0.1) is 11.3 Å². The maximum atomic E-state index is 14.1. The number of benzene rings is 1. The zero-order chi connectivity index (χ0) is 26.5. The first-order chi connectivity index (χ1) is 18.5. The smallest absolute Gasteiger partial charge is 0.118 e. The first-order valence-corrected chi connectivity index (χ1v) is 14.3. The van der Waals surface area contributed by atoms with Crippen LogP contribution in [0.3, 0.4) is 0 Å². The van der Waals surface area contributed by atoms with E-state index in [1.54, 1.807) is 13.0 Å². The third-order valence-corrected chi connectivity index (χ3v) is 8.63. The molecule has 0 radical (unpaired) electrons. The Bertz CT molecular complexity index is 1200. The number of aryl methyl sites for hydroxylation is 1. The quantitative estimate of drug-likeness (QED) is 0.350. The average molecular weight is 516 g/mol. The van der Waals surface area contributed by atoms with E-state index in [0.29, 0.717) is 5.41 Å². The van der Waals surface area contributed by atoms with E-state index in [2.05, 4.69) is 59.0 Å². The molecular formula is C33H42FN3O. The van der Waals surface area contributed by atoms with Crippen molar-refractivity contribution in [2.24, 2.45) is 11.3 Å². The number of hydrogen-bond donors (Lipinski definition) is 0. The molecule has 0 saturated carbocycles. The summed E-state index contributed by atoms with van der Waals surface area (Å²) in [6.45, 7) is 13.8. The highest BCUT2D eigenvalue weighted by molar-refractivity contribution is 5.73. The first kappa shape index (κ1) is 26.8. The summed E-state index contributed by atoms with van der Waals surface area (Å²) in [6.07, 6.45) is 13.0. The fraction of sp³-hybridized carbons (Fsp3) is 0.485. The van der Waals surface area contributed by atoms with Gasteiger partial charge in [0.2, 0.25) is 0 Å². The number of allylic oxidation sites excluding steroid dienone is 6. The zero-order valence-corrected chi connectivity index (χ0v) is 23.3. The van der Waals surface area contributed by atoms with Crippen LogP contribution in [0.25, 0.3) is 5.57 Å². The maximum absolute atomic E-state index is 14.1. The number of ether oxygens (including phenoxy) is 1. The normalized spacial score (nSPS) is 20.9. The second kappa shape index (κ2) is 12.0. The number of nitrogens with zero attached hydrogens (tertiary/aromatic N) is 3. The standard InChI is InChI=1S/C33H42FN3O/c1-4-27-8-6-7-9-31(27)25(3)28(10-11-30(34)5-2)18-29-19-35-15-12-32(29)37-23-33(24-37)21-36(22-33)20-26-13-16-38-17-14-26/h5-12,15,19,26H,4,13-14,16-18,20-24H2,1-3H3/b11-10-,28-25-,30-5+. The Hall–Kier alpha value is -2.76. The van der Waals surface area contributed by atoms with Crippen LogP contribution >= 0.6 is 0 Å². The number of rotatable bonds is 9. The number of hydrogen-bond acceptors (Lipinski definition) is 4. The summed E-state index contributed by atoms with van der Waals surface area (Å²) >= 11 is 0. The molecule has 3 saturated heterocycles. The van der Waals surface area contributed by atoms with Gasteiger partial charge in [0.1, 0.15) is 5.83 Å². The molecule has 5 heteroatoms. The minimum Gasteiger partial charge on any atom is -0.381 e. The monoisotopic (exact) mass is 515 g/mol. The largest absolute Gasteiger partial charge is 0.381 e. The molecule has 0 atom stereocenters. The minimum atomic E-state index is -0.217. The van der Waals surface area contributed by atoms with Crippen LogP contribution in [0.5, 0.6) is 0 Å². The van der Waals surface area contributed by atoms with Crippen LogP contribution in [0.1, 0.15) is 50.3 Å². The van der Waals surface area contributed by atoms with E-state index < -0.39 is 0 Å². The van der Waals surface area contributed by atoms with Crippen molar-refractivity contribution in [3.05, 3.63) is 89.0 Å². The van der Waals surface area contributed by atoms with Gasteiger partial charge in [0.05, 0.1) is 0 Å². The lowest BCUT2D eigenvalue weighted by Gasteiger charge is -2.62. The topological polar surface area (TPSA) is 28.6 Å². The predicted molar refractivity (Wildman–Crippen MR) is 155 cm³/mol. The van der Waals surface area contributed by atoms with Crippen molar-refractivity contribution in [2.45, 2.75) is 46.5 Å². The fourth-order valence-corrected chi connectivity index (χ4v) is 6.49. The first-order valence-electron chi connectivity index (χ1n) is 14.3. The van der Waals surface area contributed by atoms with Gasteiger partial charge in [0.15, 0.2) is 0 Å². The Balaban J connectivity index is 1.31. The Labute approximate surface area is 227 Å². The van der Waals surface area contributed by atoms with E-state index in [-0.39, 0.29) is 5.83 Å². The number of anilines is 1. The van der Waals surface area contributed by atoms with Crippen molar-refractivity contribution in [1.82, 2.24) is 9.88 Å². The van der Waals surface area contributed by atoms with Gasteiger partial charge in [0.25, 0.3) is 0 Å². The summed E-state index contributed by atoms with van der Waals surface area (Å²) in [6, 6.07) is 10.7. The highest BCUT2D eigenvalue weighted by atomic mass is 19.1. The summed E-state index contributed by atoms with van der Waals surface area (Å²) in [4.78, 5) is 9.66. The second-order valence-electron chi connectivity index (χ2n) is 11.4. The molecule has 0 aliphatic carbocycles. The molecule has 1 aromatic carbocycles. The van der Waals surface area contributed by atoms with Crippen LogP contribution < -0.4 is 4.90 Å². The Morgan fingerprint density at radius 3 is 2.58 bits per heavy atom. The second-order valence-corrected chi connectivity index (χ2v) is 11.4. The molecule has 4 nitrogen and oxygen atoms in total. The van der Waals surface area contributed by atoms with Gasteiger partial charge in [-0.2, -0.15) is 0 Å². The molecule has 0 bridgehead atoms. The molecular weight excluding hydrogens is 473 g/mol. The van der Waals surface area contributed by atoms with Crippen LogP contribution in [0.4, 0.5) is 10.1 Å². The number of halogens is 1. The van der Waals surface area contributed by atoms with Crippen molar-refractivity contribution in [1.29, 1.82) is 0 Å². The van der Waals surface area contributed by atoms with Gasteiger partial charge in [-0.05, 0) is 79.0 Å². The Morgan fingerprint density at radius 2 is 1.84 bits per heavy atom. The van der Waals surface area contributed by atoms with Crippen molar-refractivity contribution < 1.29 is 9.13 Å². The molecule has 0 unspecified atom stereocenters. The summed E-state index contributed by atoms with van der Waals surface area (Å²) < 4.78 is 19.7. The number of pyridine rings is 1. The summed E-state index contributed by atoms with van der Waals surface area (Å²) in [5, 5.41) is 0. The molecule has 3 aliphatic heterocycles. The van der Waals surface area contributed by atoms with Gasteiger partial charge in [-0.15, -0.1) is 0 Å². The predicted octanol–water partition coefficient (Wildman–Crippen LogP) is 6.64. The van der Waals surface area contributed by atoms with Crippen molar-refractivity contribution in [3.8, 4) is 0 Å². The van der Waals surface area contributed by atoms with Crippen molar-refractivity contribution in [3.63, 3.8) is 0 Å². The van der Waals surface area contributed by atoms with Crippen LogP contribution in [-0.4, -0.2) is 55.8 Å². The molecule has 1 spiro atoms. The summed E-state index contributed by atoms with van der Waals surface area (Å²) in [7, 11) is 0. The Kier molecular flexibility index (Phi) is 8.45. The number of likely N-dealkylation sites (tertiary alicyclic amines) is 1. The minimum absolute atomic E-state index is 0.217. The van der Waals surface area contributed by atoms with Crippen LogP contribution in [0.2, 0.25) is 0 Å². The third-order valence-electron chi connectivity index (χ3n) is 8.63. The molecule has 3 fully saturated rings. The van der Waals surface area contributed by atoms with Crippen molar-refractivity contribution >= 4 is 11.3 Å². The molecule has 1 aromatic heterocycles. The lowest BCUT2D eigenvalue weighted by molar-refractivity contribution is -0.0427. The molecule has 38 heavy (non-hydrogen) atoms. The van der Waals surface area contributed by atoms with E-state index in [9.17, 15) is 4.39 Å². The highest BCUT2D eigenvalue weighted by Crippen LogP contribution is 2.43. The summed E-state index contributed by atoms with van der Waals surface area (Å²) in [5.41, 5.74) is 7.78. The zero-order valence-electron chi connectivity index (χ0n) is 23.3. The van der Waals surface area contributed by atoms with E-state index in [1.807, 2.05) is 18.5 Å². The van der Waals surface area contributed by atoms with Gasteiger partial charge in [0, 0.05) is 75.9 Å². The van der Waals surface area contributed by atoms with Crippen molar-refractivity contribution in [2.75, 3.05) is 50.8 Å². The van der Waals surface area contributed by atoms with Gasteiger partial charge >= 0.3 is 0 Å². The van der Waals surface area contributed by atoms with Gasteiger partial charge in [-0.1, -0.05) is 43.3 Å². The van der Waals surface area contributed by atoms with E-state index in [4.69, 9.17) is 4.74 Å². The molecule has 0 N–H and O–H groups in total. The summed E-state index contributed by atoms with van der Waals surface area (Å²) in [5.74, 6) is 0.585. The van der Waals surface area contributed by atoms with Gasteiger partial charge in [-0.3, -0.25) is 4.98 Å². The van der Waals surface area contributed by atoms with Gasteiger partial charge < -0.3 is 14.5 Å². The van der Waals surface area contributed by atoms with Crippen LogP contribution in [0.15, 0.2) is 72.4 Å². The Morgan fingerprint density at radius 1 is 1.08 bits per heavy atom. The van der Waals surface area contributed by atoms with E-state index in [0.717, 1.165) is 50.6 Å². The lowest BCUT2D eigenvalue weighted by atomic mass is 9.72. The maximum Gasteiger partial charge on any atom is 0.118 e. The highest BCUT2D eigenvalue weighted by Gasteiger charge is 2.52. The molecule has 4 heterocycles. The molecule has 2 aromatic rings. The molecule has 3 aliphatic rings. The lowest BCUT2D eigenvalue weighted by Crippen LogP contribution is -2.72. The molecule has 5 rings (SSSR count). The van der Waals surface area contributed by atoms with E-state index >= 15 is 0 Å². The van der Waals surface area contributed by atoms with Gasteiger partial charge in [-0.25, -0.2) is 4.39 Å². The number of aromatic nitrogens is 1. The average Bonchev–Trinajstić information content (AvgIpc) is 2.91. The third kappa shape index (κ3) is 5.94. The SMILES string of the molecule is C\C=C(F)/C=C\C(Cc1cnccc1N1CC2(CN(CC3CCOCC3)C2)C1)=C(/C)c1ccccc1CC. The van der Waals surface area contributed by atoms with Crippen LogP contribution in [-0.2, 0) is 17.6 Å². The molecule has 0 amide bonds. The molecule has 202 valence electrons. The fourth-order valence-electron chi connectivity index (χ4n) is 6.49. The van der Waals surface area contributed by atoms with E-state index in [1.165, 1.54) is 66.5 Å².